The second kappa shape index (κ2) is 21.4. The van der Waals surface area contributed by atoms with Gasteiger partial charge in [0.15, 0.2) is 0 Å². The Labute approximate surface area is 179 Å². The van der Waals surface area contributed by atoms with E-state index in [4.69, 9.17) is 5.11 Å². The Morgan fingerprint density at radius 3 is 1.90 bits per heavy atom. The number of nitrogens with one attached hydrogen (secondary N) is 1. The number of amides is 1. The second-order valence-electron chi connectivity index (χ2n) is 8.07. The minimum absolute atomic E-state index is 0.0546. The van der Waals surface area contributed by atoms with E-state index in [1.165, 1.54) is 88.4 Å². The van der Waals surface area contributed by atoms with E-state index in [0.29, 0.717) is 12.8 Å². The van der Waals surface area contributed by atoms with Gasteiger partial charge in [-0.2, -0.15) is 0 Å². The molecule has 2 N–H and O–H groups in total. The number of hydrogen-bond acceptors (Lipinski definition) is 3. The average molecular weight is 411 g/mol. The van der Waals surface area contributed by atoms with Gasteiger partial charge in [0.2, 0.25) is 0 Å². The molecule has 0 aromatic heterocycles. The van der Waals surface area contributed by atoms with E-state index in [0.717, 1.165) is 12.8 Å². The molecule has 1 unspecified atom stereocenters. The summed E-state index contributed by atoms with van der Waals surface area (Å²) in [6.45, 7) is 2.58. The highest BCUT2D eigenvalue weighted by Crippen LogP contribution is 2.12. The van der Waals surface area contributed by atoms with E-state index < -0.39 is 6.09 Å². The molecule has 1 atom stereocenters. The molecule has 0 fully saturated rings. The quantitative estimate of drug-likeness (QED) is 0.135. The van der Waals surface area contributed by atoms with Crippen LogP contribution in [0.4, 0.5) is 4.79 Å². The van der Waals surface area contributed by atoms with E-state index in [-0.39, 0.29) is 12.6 Å². The monoisotopic (exact) mass is 410 g/mol. The first-order chi connectivity index (χ1) is 14.2. The minimum atomic E-state index is -1.03. The van der Waals surface area contributed by atoms with Crippen molar-refractivity contribution in [3.63, 3.8) is 0 Å². The summed E-state index contributed by atoms with van der Waals surface area (Å²) >= 11 is 0. The largest absolute Gasteiger partial charge is 0.465 e. The SMILES string of the molecule is CCCCCCCC/C=C/CCCCCCCCC(CN(CC=O)C(=O)O)NC. The van der Waals surface area contributed by atoms with Gasteiger partial charge in [0.1, 0.15) is 6.29 Å². The Morgan fingerprint density at radius 2 is 1.41 bits per heavy atom. The zero-order chi connectivity index (χ0) is 21.6. The molecule has 0 aromatic carbocycles. The number of rotatable bonds is 21. The maximum atomic E-state index is 11.1. The lowest BCUT2D eigenvalue weighted by molar-refractivity contribution is -0.108. The summed E-state index contributed by atoms with van der Waals surface area (Å²) in [7, 11) is 1.85. The van der Waals surface area contributed by atoms with Gasteiger partial charge in [-0.25, -0.2) is 4.79 Å². The summed E-state index contributed by atoms with van der Waals surface area (Å²) in [6.07, 6.45) is 23.3. The van der Waals surface area contributed by atoms with Crippen molar-refractivity contribution in [2.24, 2.45) is 0 Å². The van der Waals surface area contributed by atoms with Crippen molar-refractivity contribution < 1.29 is 14.7 Å². The summed E-state index contributed by atoms with van der Waals surface area (Å²) in [5, 5.41) is 12.3. The first kappa shape index (κ1) is 27.6. The molecule has 29 heavy (non-hydrogen) atoms. The lowest BCUT2D eigenvalue weighted by Crippen LogP contribution is -2.42. The highest BCUT2D eigenvalue weighted by Gasteiger charge is 2.16. The van der Waals surface area contributed by atoms with Gasteiger partial charge in [-0.15, -0.1) is 0 Å². The number of carbonyl (C=O) groups excluding carboxylic acids is 1. The number of hydrogen-bond donors (Lipinski definition) is 2. The fraction of sp³-hybridized carbons (Fsp3) is 0.833. The topological polar surface area (TPSA) is 69.6 Å². The molecule has 0 aliphatic rings. The molecule has 0 radical (unpaired) electrons. The van der Waals surface area contributed by atoms with Gasteiger partial charge < -0.3 is 15.2 Å². The predicted octanol–water partition coefficient (Wildman–Crippen LogP) is 6.18. The second-order valence-corrected chi connectivity index (χ2v) is 8.07. The number of carboxylic acid groups (broad SMARTS) is 1. The third kappa shape index (κ3) is 18.4. The summed E-state index contributed by atoms with van der Waals surface area (Å²) in [5.41, 5.74) is 0. The van der Waals surface area contributed by atoms with Crippen molar-refractivity contribution in [2.45, 2.75) is 109 Å². The molecule has 0 spiro atoms. The number of aldehydes is 1. The molecule has 5 nitrogen and oxygen atoms in total. The van der Waals surface area contributed by atoms with Crippen LogP contribution in [0.1, 0.15) is 103 Å². The Bertz CT molecular complexity index is 413. The van der Waals surface area contributed by atoms with Crippen LogP contribution in [0.25, 0.3) is 0 Å². The van der Waals surface area contributed by atoms with Gasteiger partial charge in [0.05, 0.1) is 6.54 Å². The molecular weight excluding hydrogens is 364 g/mol. The minimum Gasteiger partial charge on any atom is -0.465 e. The molecule has 0 bridgehead atoms. The van der Waals surface area contributed by atoms with Crippen LogP contribution in [0.2, 0.25) is 0 Å². The maximum Gasteiger partial charge on any atom is 0.407 e. The van der Waals surface area contributed by atoms with E-state index >= 15 is 0 Å². The number of likely N-dealkylation sites (N-methyl/N-ethyl adjacent to an activating group) is 1. The van der Waals surface area contributed by atoms with E-state index in [2.05, 4.69) is 24.4 Å². The van der Waals surface area contributed by atoms with Crippen LogP contribution in [0.5, 0.6) is 0 Å². The molecule has 0 saturated carbocycles. The van der Waals surface area contributed by atoms with E-state index in [1.807, 2.05) is 7.05 Å². The Hall–Kier alpha value is -1.36. The first-order valence-corrected chi connectivity index (χ1v) is 11.9. The van der Waals surface area contributed by atoms with Crippen molar-refractivity contribution in [3.05, 3.63) is 12.2 Å². The van der Waals surface area contributed by atoms with Crippen LogP contribution >= 0.6 is 0 Å². The lowest BCUT2D eigenvalue weighted by atomic mass is 10.0. The van der Waals surface area contributed by atoms with Gasteiger partial charge in [-0.05, 0) is 39.2 Å². The molecule has 0 aliphatic heterocycles. The van der Waals surface area contributed by atoms with Crippen molar-refractivity contribution in [1.29, 1.82) is 0 Å². The van der Waals surface area contributed by atoms with Crippen molar-refractivity contribution in [2.75, 3.05) is 20.1 Å². The zero-order valence-corrected chi connectivity index (χ0v) is 19.0. The number of nitrogens with zero attached hydrogens (tertiary/aromatic N) is 1. The molecule has 0 aromatic rings. The molecule has 0 aliphatic carbocycles. The fourth-order valence-electron chi connectivity index (χ4n) is 3.55. The Balaban J connectivity index is 3.52. The van der Waals surface area contributed by atoms with Crippen molar-refractivity contribution >= 4 is 12.4 Å². The molecule has 0 heterocycles. The van der Waals surface area contributed by atoms with Gasteiger partial charge >= 0.3 is 6.09 Å². The van der Waals surface area contributed by atoms with Crippen LogP contribution in [0.15, 0.2) is 12.2 Å². The molecular formula is C24H46N2O3. The standard InChI is InChI=1S/C24H46N2O3/c1-3-4-5-6-7-8-9-10-11-12-13-14-15-16-17-18-19-23(25-2)22-26(20-21-27)24(28)29/h10-11,21,23,25H,3-9,12-20,22H2,1-2H3,(H,28,29)/b11-10+. The highest BCUT2D eigenvalue weighted by molar-refractivity contribution is 5.69. The summed E-state index contributed by atoms with van der Waals surface area (Å²) in [4.78, 5) is 22.9. The smallest absolute Gasteiger partial charge is 0.407 e. The average Bonchev–Trinajstić information content (AvgIpc) is 2.71. The van der Waals surface area contributed by atoms with Crippen LogP contribution in [-0.2, 0) is 4.79 Å². The first-order valence-electron chi connectivity index (χ1n) is 11.9. The summed E-state index contributed by atoms with van der Waals surface area (Å²) < 4.78 is 0. The number of unbranched alkanes of at least 4 members (excludes halogenated alkanes) is 12. The van der Waals surface area contributed by atoms with Gasteiger partial charge in [0.25, 0.3) is 0 Å². The van der Waals surface area contributed by atoms with Gasteiger partial charge in [-0.1, -0.05) is 83.3 Å². The third-order valence-corrected chi connectivity index (χ3v) is 5.48. The Kier molecular flexibility index (Phi) is 20.3. The predicted molar refractivity (Wildman–Crippen MR) is 123 cm³/mol. The highest BCUT2D eigenvalue weighted by atomic mass is 16.4. The summed E-state index contributed by atoms with van der Waals surface area (Å²) in [6, 6.07) is 0.114. The fourth-order valence-corrected chi connectivity index (χ4v) is 3.55. The molecule has 1 amide bonds. The maximum absolute atomic E-state index is 11.1. The van der Waals surface area contributed by atoms with Crippen LogP contribution in [0.3, 0.4) is 0 Å². The lowest BCUT2D eigenvalue weighted by Gasteiger charge is -2.23. The van der Waals surface area contributed by atoms with Crippen LogP contribution < -0.4 is 5.32 Å². The van der Waals surface area contributed by atoms with Gasteiger partial charge in [0, 0.05) is 12.6 Å². The van der Waals surface area contributed by atoms with Crippen LogP contribution in [-0.4, -0.2) is 48.6 Å². The normalized spacial score (nSPS) is 12.3. The van der Waals surface area contributed by atoms with E-state index in [9.17, 15) is 9.59 Å². The van der Waals surface area contributed by atoms with Crippen LogP contribution in [0, 0.1) is 0 Å². The number of carbonyl (C=O) groups is 2. The third-order valence-electron chi connectivity index (χ3n) is 5.48. The van der Waals surface area contributed by atoms with Gasteiger partial charge in [-0.3, -0.25) is 4.90 Å². The van der Waals surface area contributed by atoms with Crippen molar-refractivity contribution in [3.8, 4) is 0 Å². The van der Waals surface area contributed by atoms with Crippen molar-refractivity contribution in [1.82, 2.24) is 10.2 Å². The zero-order valence-electron chi connectivity index (χ0n) is 19.0. The molecule has 170 valence electrons. The molecule has 0 rings (SSSR count). The van der Waals surface area contributed by atoms with E-state index in [1.54, 1.807) is 0 Å². The summed E-state index contributed by atoms with van der Waals surface area (Å²) in [5.74, 6) is 0. The Morgan fingerprint density at radius 1 is 0.897 bits per heavy atom. The molecule has 5 heteroatoms. The number of allylic oxidation sites excluding steroid dienone is 2. The molecule has 0 saturated heterocycles.